The summed E-state index contributed by atoms with van der Waals surface area (Å²) in [7, 11) is 1.62. The average molecular weight is 563 g/mol. The number of piperidine rings is 1. The maximum absolute atomic E-state index is 14.4. The monoisotopic (exact) mass is 562 g/mol. The molecular formula is C31H47FN2O6. The van der Waals surface area contributed by atoms with E-state index in [1.54, 1.807) is 13.2 Å². The van der Waals surface area contributed by atoms with Crippen molar-refractivity contribution in [2.45, 2.75) is 53.1 Å². The van der Waals surface area contributed by atoms with Gasteiger partial charge in [0.05, 0.1) is 12.3 Å². The molecule has 0 amide bonds. The second-order valence-electron chi connectivity index (χ2n) is 10.3. The van der Waals surface area contributed by atoms with E-state index in [1.165, 1.54) is 18.2 Å². The van der Waals surface area contributed by atoms with Gasteiger partial charge < -0.3 is 34.2 Å². The van der Waals surface area contributed by atoms with Crippen molar-refractivity contribution in [3.8, 4) is 11.5 Å². The number of rotatable bonds is 9. The number of halogens is 1. The summed E-state index contributed by atoms with van der Waals surface area (Å²) in [6.07, 6.45) is 3.01. The van der Waals surface area contributed by atoms with Crippen molar-refractivity contribution >= 4 is 17.3 Å². The maximum atomic E-state index is 14.4. The van der Waals surface area contributed by atoms with Crippen LogP contribution in [0.2, 0.25) is 0 Å². The van der Waals surface area contributed by atoms with E-state index in [1.807, 2.05) is 13.0 Å². The van der Waals surface area contributed by atoms with E-state index >= 15 is 0 Å². The van der Waals surface area contributed by atoms with Gasteiger partial charge in [-0.15, -0.1) is 0 Å². The third kappa shape index (κ3) is 11.2. The Kier molecular flexibility index (Phi) is 14.6. The van der Waals surface area contributed by atoms with E-state index in [-0.39, 0.29) is 18.5 Å². The van der Waals surface area contributed by atoms with Gasteiger partial charge in [0.2, 0.25) is 0 Å². The van der Waals surface area contributed by atoms with Crippen LogP contribution < -0.4 is 19.3 Å². The quantitative estimate of drug-likeness (QED) is 0.389. The first kappa shape index (κ1) is 33.2. The first-order chi connectivity index (χ1) is 19.2. The van der Waals surface area contributed by atoms with Gasteiger partial charge in [-0.25, -0.2) is 4.39 Å². The Hall–Kier alpha value is -3.04. The number of nitrogens with zero attached hydrogens (tertiary/aromatic N) is 2. The second kappa shape index (κ2) is 17.6. The fraction of sp³-hybridized carbons (Fsp3) is 0.581. The van der Waals surface area contributed by atoms with Gasteiger partial charge in [0.15, 0.2) is 0 Å². The molecule has 9 heteroatoms. The van der Waals surface area contributed by atoms with Crippen LogP contribution in [0.1, 0.15) is 47.0 Å². The number of ether oxygens (including phenoxy) is 3. The minimum absolute atomic E-state index is 0.136. The number of hydrogen-bond acceptors (Lipinski definition) is 7. The van der Waals surface area contributed by atoms with Crippen LogP contribution in [0.4, 0.5) is 15.8 Å². The zero-order chi connectivity index (χ0) is 29.5. The third-order valence-corrected chi connectivity index (χ3v) is 6.82. The number of aliphatic hydroxyl groups excluding tert-OH is 1. The van der Waals surface area contributed by atoms with Gasteiger partial charge in [-0.05, 0) is 62.1 Å². The Balaban J connectivity index is 0.000000482. The van der Waals surface area contributed by atoms with Crippen LogP contribution in [0, 0.1) is 17.7 Å². The van der Waals surface area contributed by atoms with E-state index in [0.717, 1.165) is 57.6 Å². The molecule has 4 rings (SSSR count). The molecule has 3 unspecified atom stereocenters. The highest BCUT2D eigenvalue weighted by molar-refractivity contribution is 5.63. The molecule has 0 saturated carbocycles. The molecule has 0 aromatic heterocycles. The van der Waals surface area contributed by atoms with Crippen molar-refractivity contribution in [3.05, 3.63) is 48.3 Å². The van der Waals surface area contributed by atoms with Crippen LogP contribution in [0.25, 0.3) is 0 Å². The highest BCUT2D eigenvalue weighted by Gasteiger charge is 2.29. The minimum atomic E-state index is -0.833. The van der Waals surface area contributed by atoms with E-state index in [2.05, 4.69) is 52.6 Å². The summed E-state index contributed by atoms with van der Waals surface area (Å²) in [5, 5.41) is 15.5. The molecule has 2 aromatic rings. The molecule has 40 heavy (non-hydrogen) atoms. The Morgan fingerprint density at radius 2 is 1.68 bits per heavy atom. The van der Waals surface area contributed by atoms with Crippen LogP contribution in [0.15, 0.2) is 42.5 Å². The molecule has 2 N–H and O–H groups in total. The number of anilines is 2. The molecule has 0 aliphatic carbocycles. The smallest absolute Gasteiger partial charge is 0.300 e. The summed E-state index contributed by atoms with van der Waals surface area (Å²) >= 11 is 0. The average Bonchev–Trinajstić information content (AvgIpc) is 3.36. The summed E-state index contributed by atoms with van der Waals surface area (Å²) in [6.45, 7) is 12.8. The summed E-state index contributed by atoms with van der Waals surface area (Å²) < 4.78 is 30.9. The lowest BCUT2D eigenvalue weighted by atomic mass is 9.95. The van der Waals surface area contributed by atoms with Gasteiger partial charge in [-0.3, -0.25) is 4.79 Å². The lowest BCUT2D eigenvalue weighted by Crippen LogP contribution is -2.44. The van der Waals surface area contributed by atoms with Gasteiger partial charge in [0.1, 0.15) is 23.4 Å². The number of benzene rings is 2. The zero-order valence-corrected chi connectivity index (χ0v) is 24.6. The van der Waals surface area contributed by atoms with Crippen molar-refractivity contribution in [3.63, 3.8) is 0 Å². The largest absolute Gasteiger partial charge is 0.494 e. The molecule has 0 radical (unpaired) electrons. The molecule has 2 heterocycles. The molecule has 8 nitrogen and oxygen atoms in total. The number of carbonyl (C=O) groups is 1. The normalized spacial score (nSPS) is 20.1. The van der Waals surface area contributed by atoms with Crippen LogP contribution in [-0.2, 0) is 9.53 Å². The molecule has 0 bridgehead atoms. The molecule has 3 atom stereocenters. The standard InChI is InChI=1S/C25H33FN2O2.C4H10O2.C2H4O2/c1-4-29-22-9-10-23(26)24(15-22)28-14-12-25(19(3)17-28)30-21-7-5-20(6-8-21)27-13-11-18(2)16-27;1-6-4-2-3-5;1-2(3)4/h5-10,15,18-19,25H,4,11-14,16-17H2,1-3H3;5H,2-4H2,1H3;1H3,(H,3,4). The van der Waals surface area contributed by atoms with Crippen LogP contribution in [0.3, 0.4) is 0 Å². The van der Waals surface area contributed by atoms with Gasteiger partial charge in [0, 0.05) is 77.5 Å². The summed E-state index contributed by atoms with van der Waals surface area (Å²) in [5.41, 5.74) is 1.90. The van der Waals surface area contributed by atoms with Crippen molar-refractivity contribution in [1.29, 1.82) is 0 Å². The first-order valence-electron chi connectivity index (χ1n) is 14.2. The highest BCUT2D eigenvalue weighted by atomic mass is 19.1. The second-order valence-corrected chi connectivity index (χ2v) is 10.3. The van der Waals surface area contributed by atoms with Gasteiger partial charge in [-0.1, -0.05) is 13.8 Å². The van der Waals surface area contributed by atoms with Crippen molar-refractivity contribution in [2.24, 2.45) is 11.8 Å². The zero-order valence-electron chi connectivity index (χ0n) is 24.6. The van der Waals surface area contributed by atoms with Crippen LogP contribution >= 0.6 is 0 Å². The SMILES string of the molecule is CC(=O)O.CCOc1ccc(F)c(N2CCC(Oc3ccc(N4CCC(C)C4)cc3)C(C)C2)c1.COCCCO. The van der Waals surface area contributed by atoms with Gasteiger partial charge in [-0.2, -0.15) is 0 Å². The summed E-state index contributed by atoms with van der Waals surface area (Å²) in [5.74, 6) is 1.67. The lowest BCUT2D eigenvalue weighted by molar-refractivity contribution is -0.134. The number of aliphatic carboxylic acids is 1. The summed E-state index contributed by atoms with van der Waals surface area (Å²) in [4.78, 5) is 13.6. The van der Waals surface area contributed by atoms with E-state index < -0.39 is 5.97 Å². The Morgan fingerprint density at radius 1 is 1.02 bits per heavy atom. The summed E-state index contributed by atoms with van der Waals surface area (Å²) in [6, 6.07) is 13.5. The number of hydrogen-bond donors (Lipinski definition) is 2. The molecule has 2 aliphatic heterocycles. The molecule has 2 aromatic carbocycles. The molecular weight excluding hydrogens is 515 g/mol. The topological polar surface area (TPSA) is 91.7 Å². The number of carboxylic acid groups (broad SMARTS) is 1. The van der Waals surface area contributed by atoms with Crippen molar-refractivity contribution in [2.75, 3.05) is 62.9 Å². The first-order valence-corrected chi connectivity index (χ1v) is 14.2. The lowest BCUT2D eigenvalue weighted by Gasteiger charge is -2.38. The van der Waals surface area contributed by atoms with E-state index in [4.69, 9.17) is 24.5 Å². The van der Waals surface area contributed by atoms with E-state index in [9.17, 15) is 4.39 Å². The maximum Gasteiger partial charge on any atom is 0.300 e. The Bertz CT molecular complexity index is 998. The Labute approximate surface area is 238 Å². The fourth-order valence-electron chi connectivity index (χ4n) is 4.80. The third-order valence-electron chi connectivity index (χ3n) is 6.82. The predicted molar refractivity (Wildman–Crippen MR) is 157 cm³/mol. The van der Waals surface area contributed by atoms with Gasteiger partial charge in [0.25, 0.3) is 5.97 Å². The minimum Gasteiger partial charge on any atom is -0.494 e. The van der Waals surface area contributed by atoms with Crippen LogP contribution in [0.5, 0.6) is 11.5 Å². The fourth-order valence-corrected chi connectivity index (χ4v) is 4.80. The number of methoxy groups -OCH3 is 1. The van der Waals surface area contributed by atoms with Gasteiger partial charge >= 0.3 is 0 Å². The molecule has 2 fully saturated rings. The van der Waals surface area contributed by atoms with E-state index in [0.29, 0.717) is 30.6 Å². The predicted octanol–water partition coefficient (Wildman–Crippen LogP) is 5.47. The molecule has 2 aliphatic rings. The van der Waals surface area contributed by atoms with Crippen molar-refractivity contribution in [1.82, 2.24) is 0 Å². The van der Waals surface area contributed by atoms with Crippen molar-refractivity contribution < 1.29 is 33.6 Å². The highest BCUT2D eigenvalue weighted by Crippen LogP contribution is 2.32. The Morgan fingerprint density at radius 3 is 2.20 bits per heavy atom. The van der Waals surface area contributed by atoms with Crippen LogP contribution in [-0.4, -0.2) is 75.4 Å². The number of carboxylic acids is 1. The molecule has 224 valence electrons. The molecule has 2 saturated heterocycles. The number of aliphatic hydroxyl groups is 1. The molecule has 0 spiro atoms.